The quantitative estimate of drug-likeness (QED) is 0.377. The van der Waals surface area contributed by atoms with Gasteiger partial charge in [-0.25, -0.2) is 19.7 Å². The fourth-order valence-electron chi connectivity index (χ4n) is 4.09. The first-order valence-corrected chi connectivity index (χ1v) is 13.1. The molecule has 1 aliphatic rings. The minimum Gasteiger partial charge on any atom is -0.357 e. The second kappa shape index (κ2) is 11.7. The molecule has 1 aromatic carbocycles. The molecular weight excluding hydrogens is 557 g/mol. The van der Waals surface area contributed by atoms with Crippen molar-refractivity contribution in [1.82, 2.24) is 24.8 Å². The highest BCUT2D eigenvalue weighted by atomic mass is 35.5. The van der Waals surface area contributed by atoms with Crippen molar-refractivity contribution in [3.63, 3.8) is 0 Å². The Labute approximate surface area is 231 Å². The predicted molar refractivity (Wildman–Crippen MR) is 144 cm³/mol. The van der Waals surface area contributed by atoms with Gasteiger partial charge in [0.1, 0.15) is 5.69 Å². The van der Waals surface area contributed by atoms with Gasteiger partial charge in [0.2, 0.25) is 11.9 Å². The maximum atomic E-state index is 13.9. The Morgan fingerprint density at radius 1 is 1.13 bits per heavy atom. The van der Waals surface area contributed by atoms with Crippen molar-refractivity contribution in [3.8, 4) is 10.6 Å². The number of amides is 3. The van der Waals surface area contributed by atoms with Gasteiger partial charge in [-0.15, -0.1) is 0 Å². The van der Waals surface area contributed by atoms with Crippen LogP contribution < -0.4 is 16.0 Å². The van der Waals surface area contributed by atoms with Crippen molar-refractivity contribution in [1.29, 1.82) is 0 Å². The summed E-state index contributed by atoms with van der Waals surface area (Å²) in [5.41, 5.74) is 0.238. The van der Waals surface area contributed by atoms with E-state index < -0.39 is 17.8 Å². The highest BCUT2D eigenvalue weighted by Gasteiger charge is 2.34. The molecule has 3 N–H and O–H groups in total. The van der Waals surface area contributed by atoms with Crippen LogP contribution in [0.15, 0.2) is 24.4 Å². The van der Waals surface area contributed by atoms with Crippen molar-refractivity contribution in [3.05, 3.63) is 46.2 Å². The van der Waals surface area contributed by atoms with Gasteiger partial charge in [0.05, 0.1) is 27.4 Å². The highest BCUT2D eigenvalue weighted by Crippen LogP contribution is 2.37. The molecule has 1 saturated heterocycles. The van der Waals surface area contributed by atoms with Crippen LogP contribution in [0.2, 0.25) is 5.02 Å². The monoisotopic (exact) mass is 582 g/mol. The number of nitrogens with one attached hydrogen (secondary N) is 3. The number of rotatable bonds is 6. The first-order valence-electron chi connectivity index (χ1n) is 11.9. The molecule has 1 aliphatic heterocycles. The molecule has 0 aliphatic carbocycles. The number of benzene rings is 1. The van der Waals surface area contributed by atoms with E-state index in [-0.39, 0.29) is 28.8 Å². The molecule has 0 bridgehead atoms. The van der Waals surface area contributed by atoms with E-state index in [0.29, 0.717) is 53.4 Å². The SMILES string of the molecule is CNc1ncc(Cl)c(-c2sc(NC(=O)Nc3ccc(CN4CCN(C(C)=O)CC4)c(C(F)(F)F)c3)nc2C)n1. The lowest BCUT2D eigenvalue weighted by atomic mass is 10.0. The van der Waals surface area contributed by atoms with Crippen molar-refractivity contribution < 1.29 is 22.8 Å². The third-order valence-electron chi connectivity index (χ3n) is 6.08. The second-order valence-electron chi connectivity index (χ2n) is 8.80. The summed E-state index contributed by atoms with van der Waals surface area (Å²) in [6, 6.07) is 2.95. The average molecular weight is 583 g/mol. The summed E-state index contributed by atoms with van der Waals surface area (Å²) < 4.78 is 41.7. The summed E-state index contributed by atoms with van der Waals surface area (Å²) in [5.74, 6) is 0.306. The third kappa shape index (κ3) is 6.94. The molecule has 39 heavy (non-hydrogen) atoms. The number of hydrogen-bond acceptors (Lipinski definition) is 8. The Morgan fingerprint density at radius 2 is 1.85 bits per heavy atom. The number of anilines is 3. The topological polar surface area (TPSA) is 115 Å². The van der Waals surface area contributed by atoms with E-state index in [2.05, 4.69) is 30.9 Å². The van der Waals surface area contributed by atoms with Crippen LogP contribution in [0.5, 0.6) is 0 Å². The predicted octanol–water partition coefficient (Wildman–Crippen LogP) is 4.93. The van der Waals surface area contributed by atoms with Crippen LogP contribution in [0, 0.1) is 6.92 Å². The Kier molecular flexibility index (Phi) is 8.57. The van der Waals surface area contributed by atoms with Gasteiger partial charge in [-0.05, 0) is 24.6 Å². The van der Waals surface area contributed by atoms with Crippen molar-refractivity contribution in [2.75, 3.05) is 49.2 Å². The second-order valence-corrected chi connectivity index (χ2v) is 10.2. The smallest absolute Gasteiger partial charge is 0.357 e. The van der Waals surface area contributed by atoms with Crippen LogP contribution in [0.3, 0.4) is 0 Å². The zero-order chi connectivity index (χ0) is 28.3. The van der Waals surface area contributed by atoms with Gasteiger partial charge in [-0.1, -0.05) is 29.0 Å². The van der Waals surface area contributed by atoms with Crippen LogP contribution in [0.1, 0.15) is 23.7 Å². The number of hydrogen-bond donors (Lipinski definition) is 3. The van der Waals surface area contributed by atoms with Gasteiger partial charge in [0.25, 0.3) is 0 Å². The molecule has 2 aromatic heterocycles. The number of urea groups is 1. The Morgan fingerprint density at radius 3 is 2.49 bits per heavy atom. The van der Waals surface area contributed by atoms with Crippen molar-refractivity contribution in [2.24, 2.45) is 0 Å². The molecule has 3 aromatic rings. The summed E-state index contributed by atoms with van der Waals surface area (Å²) in [4.78, 5) is 41.0. The average Bonchev–Trinajstić information content (AvgIpc) is 3.24. The van der Waals surface area contributed by atoms with Crippen LogP contribution in [-0.4, -0.2) is 69.9 Å². The summed E-state index contributed by atoms with van der Waals surface area (Å²) in [6.45, 7) is 5.16. The van der Waals surface area contributed by atoms with E-state index in [1.54, 1.807) is 18.9 Å². The lowest BCUT2D eigenvalue weighted by Gasteiger charge is -2.34. The molecule has 15 heteroatoms. The number of alkyl halides is 3. The van der Waals surface area contributed by atoms with E-state index in [4.69, 9.17) is 11.6 Å². The highest BCUT2D eigenvalue weighted by molar-refractivity contribution is 7.19. The first kappa shape index (κ1) is 28.5. The lowest BCUT2D eigenvalue weighted by Crippen LogP contribution is -2.47. The van der Waals surface area contributed by atoms with Crippen molar-refractivity contribution in [2.45, 2.75) is 26.6 Å². The number of halogens is 4. The van der Waals surface area contributed by atoms with Crippen LogP contribution in [-0.2, 0) is 17.5 Å². The van der Waals surface area contributed by atoms with Gasteiger partial charge in [-0.2, -0.15) is 13.2 Å². The standard InChI is InChI=1S/C24H26ClF3N8O2S/c1-13-20(19-18(25)11-30-21(29-3)33-19)39-23(31-13)34-22(38)32-16-5-4-15(17(10-16)24(26,27)28)12-35-6-8-36(9-7-35)14(2)37/h4-5,10-11H,6-9,12H2,1-3H3,(H,29,30,33)(H2,31,32,34,38). The van der Waals surface area contributed by atoms with Gasteiger partial charge in [0, 0.05) is 52.4 Å². The van der Waals surface area contributed by atoms with E-state index >= 15 is 0 Å². The van der Waals surface area contributed by atoms with E-state index in [1.165, 1.54) is 25.3 Å². The van der Waals surface area contributed by atoms with Crippen LogP contribution in [0.25, 0.3) is 10.6 Å². The van der Waals surface area contributed by atoms with Gasteiger partial charge >= 0.3 is 12.2 Å². The number of piperazine rings is 1. The third-order valence-corrected chi connectivity index (χ3v) is 7.44. The number of carbonyl (C=O) groups excluding carboxylic acids is 2. The zero-order valence-electron chi connectivity index (χ0n) is 21.3. The minimum atomic E-state index is -4.62. The molecular formula is C24H26ClF3N8O2S. The van der Waals surface area contributed by atoms with Gasteiger partial charge < -0.3 is 15.5 Å². The fourth-order valence-corrected chi connectivity index (χ4v) is 5.30. The maximum Gasteiger partial charge on any atom is 0.416 e. The summed E-state index contributed by atoms with van der Waals surface area (Å²) >= 11 is 7.36. The van der Waals surface area contributed by atoms with Crippen LogP contribution in [0.4, 0.5) is 34.7 Å². The molecule has 1 fully saturated rings. The molecule has 208 valence electrons. The number of aromatic nitrogens is 3. The molecule has 0 radical (unpaired) electrons. The maximum absolute atomic E-state index is 13.9. The van der Waals surface area contributed by atoms with E-state index in [1.807, 2.05) is 4.90 Å². The fraction of sp³-hybridized carbons (Fsp3) is 0.375. The van der Waals surface area contributed by atoms with Crippen LogP contribution >= 0.6 is 22.9 Å². The summed E-state index contributed by atoms with van der Waals surface area (Å²) in [7, 11) is 1.66. The summed E-state index contributed by atoms with van der Waals surface area (Å²) in [5, 5.41) is 8.35. The molecule has 0 unspecified atom stereocenters. The number of nitrogens with zero attached hydrogens (tertiary/aromatic N) is 5. The molecule has 0 atom stereocenters. The normalized spacial score (nSPS) is 14.3. The van der Waals surface area contributed by atoms with Crippen molar-refractivity contribution >= 4 is 51.6 Å². The molecule has 0 saturated carbocycles. The number of aryl methyl sites for hydroxylation is 1. The molecule has 3 amide bonds. The lowest BCUT2D eigenvalue weighted by molar-refractivity contribution is -0.138. The Bertz CT molecular complexity index is 1380. The Hall–Kier alpha value is -3.49. The molecule has 0 spiro atoms. The van der Waals surface area contributed by atoms with E-state index in [0.717, 1.165) is 17.4 Å². The zero-order valence-corrected chi connectivity index (χ0v) is 22.9. The largest absolute Gasteiger partial charge is 0.416 e. The minimum absolute atomic E-state index is 0.0176. The first-order chi connectivity index (χ1) is 18.4. The van der Waals surface area contributed by atoms with Gasteiger partial charge in [-0.3, -0.25) is 15.0 Å². The van der Waals surface area contributed by atoms with Gasteiger partial charge in [0.15, 0.2) is 5.13 Å². The Balaban J connectivity index is 1.46. The van der Waals surface area contributed by atoms with E-state index in [9.17, 15) is 22.8 Å². The number of thiazole rings is 1. The molecule has 10 nitrogen and oxygen atoms in total. The molecule has 4 rings (SSSR count). The molecule has 3 heterocycles. The number of carbonyl (C=O) groups is 2. The summed E-state index contributed by atoms with van der Waals surface area (Å²) in [6.07, 6.45) is -3.17.